The van der Waals surface area contributed by atoms with Gasteiger partial charge in [-0.1, -0.05) is 41.9 Å². The third kappa shape index (κ3) is 4.26. The Labute approximate surface area is 200 Å². The summed E-state index contributed by atoms with van der Waals surface area (Å²) in [5.74, 6) is -0.192. The third-order valence-electron chi connectivity index (χ3n) is 5.99. The van der Waals surface area contributed by atoms with E-state index in [0.29, 0.717) is 35.1 Å². The quantitative estimate of drug-likeness (QED) is 0.446. The highest BCUT2D eigenvalue weighted by Crippen LogP contribution is 2.28. The molecule has 1 saturated heterocycles. The molecule has 2 aromatic carbocycles. The van der Waals surface area contributed by atoms with Crippen molar-refractivity contribution in [1.82, 2.24) is 19.6 Å². The molecule has 3 heterocycles. The molecule has 0 saturated carbocycles. The third-order valence-corrected chi connectivity index (χ3v) is 6.98. The Morgan fingerprint density at radius 2 is 2.03 bits per heavy atom. The summed E-state index contributed by atoms with van der Waals surface area (Å²) in [6, 6.07) is 15.0. The number of benzene rings is 2. The van der Waals surface area contributed by atoms with E-state index in [-0.39, 0.29) is 17.9 Å². The Bertz CT molecular complexity index is 1350. The maximum Gasteiger partial charge on any atom is 0.270 e. The second-order valence-corrected chi connectivity index (χ2v) is 9.53. The predicted octanol–water partition coefficient (Wildman–Crippen LogP) is 5.06. The van der Waals surface area contributed by atoms with Crippen LogP contribution in [0.3, 0.4) is 0 Å². The summed E-state index contributed by atoms with van der Waals surface area (Å²) in [4.78, 5) is 33.6. The van der Waals surface area contributed by atoms with Gasteiger partial charge in [0.2, 0.25) is 0 Å². The van der Waals surface area contributed by atoms with Crippen LogP contribution in [0.15, 0.2) is 60.1 Å². The van der Waals surface area contributed by atoms with Crippen LogP contribution >= 0.6 is 22.9 Å². The lowest BCUT2D eigenvalue weighted by Crippen LogP contribution is -2.50. The van der Waals surface area contributed by atoms with E-state index >= 15 is 0 Å². The number of fused-ring (bicyclic) bond motifs is 1. The number of amides is 2. The highest BCUT2D eigenvalue weighted by Gasteiger charge is 2.28. The van der Waals surface area contributed by atoms with Crippen LogP contribution in [-0.2, 0) is 0 Å². The van der Waals surface area contributed by atoms with Gasteiger partial charge in [-0.05, 0) is 49.1 Å². The van der Waals surface area contributed by atoms with Gasteiger partial charge in [0.15, 0.2) is 4.96 Å². The molecule has 2 amide bonds. The van der Waals surface area contributed by atoms with Gasteiger partial charge in [-0.2, -0.15) is 0 Å². The van der Waals surface area contributed by atoms with E-state index in [0.717, 1.165) is 28.9 Å². The number of piperidine rings is 1. The maximum absolute atomic E-state index is 13.5. The van der Waals surface area contributed by atoms with Crippen LogP contribution < -0.4 is 5.32 Å². The van der Waals surface area contributed by atoms with E-state index in [1.54, 1.807) is 0 Å². The van der Waals surface area contributed by atoms with Gasteiger partial charge in [-0.15, -0.1) is 11.3 Å². The fraction of sp³-hybridized carbons (Fsp3) is 0.240. The van der Waals surface area contributed by atoms with Crippen molar-refractivity contribution in [2.24, 2.45) is 0 Å². The Hall–Kier alpha value is -3.16. The van der Waals surface area contributed by atoms with Crippen molar-refractivity contribution in [3.05, 3.63) is 82.1 Å². The lowest BCUT2D eigenvalue weighted by Gasteiger charge is -2.33. The first-order valence-corrected chi connectivity index (χ1v) is 12.1. The van der Waals surface area contributed by atoms with E-state index in [2.05, 4.69) is 10.3 Å². The summed E-state index contributed by atoms with van der Waals surface area (Å²) in [5, 5.41) is 5.67. The molecule has 2 aromatic heterocycles. The normalized spacial score (nSPS) is 16.2. The Balaban J connectivity index is 1.34. The number of hydrogen-bond donors (Lipinski definition) is 1. The van der Waals surface area contributed by atoms with Crippen molar-refractivity contribution in [2.45, 2.75) is 25.8 Å². The minimum Gasteiger partial charge on any atom is -0.346 e. The Morgan fingerprint density at radius 3 is 2.88 bits per heavy atom. The van der Waals surface area contributed by atoms with Crippen molar-refractivity contribution in [3.63, 3.8) is 0 Å². The number of imidazole rings is 1. The lowest BCUT2D eigenvalue weighted by molar-refractivity contribution is 0.0675. The molecule has 0 spiro atoms. The summed E-state index contributed by atoms with van der Waals surface area (Å²) in [5.41, 5.74) is 3.66. The molecule has 6 nitrogen and oxygen atoms in total. The number of carbonyl (C=O) groups excluding carboxylic acids is 2. The molecule has 5 rings (SSSR count). The maximum atomic E-state index is 13.5. The molecule has 1 N–H and O–H groups in total. The summed E-state index contributed by atoms with van der Waals surface area (Å²) in [7, 11) is 0. The van der Waals surface area contributed by atoms with Crippen molar-refractivity contribution in [3.8, 4) is 11.1 Å². The van der Waals surface area contributed by atoms with Crippen LogP contribution in [0, 0.1) is 6.92 Å². The van der Waals surface area contributed by atoms with Crippen LogP contribution in [0.5, 0.6) is 0 Å². The van der Waals surface area contributed by atoms with E-state index in [4.69, 9.17) is 11.6 Å². The zero-order chi connectivity index (χ0) is 22.9. The van der Waals surface area contributed by atoms with Crippen LogP contribution in [0.4, 0.5) is 0 Å². The van der Waals surface area contributed by atoms with E-state index in [1.807, 2.05) is 76.3 Å². The standard InChI is InChI=1S/C25H23ClN4O2S/c1-16-22(30-12-13-33-25(30)27-16)23(31)28-19-8-5-11-29(15-19)24(32)21-10-3-2-9-20(21)17-6-4-7-18(26)14-17/h2-4,6-7,9-10,12-14,19H,5,8,11,15H2,1H3,(H,28,31). The minimum absolute atomic E-state index is 0.0368. The van der Waals surface area contributed by atoms with E-state index in [9.17, 15) is 9.59 Å². The number of thiazole rings is 1. The number of carbonyl (C=O) groups is 2. The molecule has 1 unspecified atom stereocenters. The number of nitrogens with zero attached hydrogens (tertiary/aromatic N) is 3. The summed E-state index contributed by atoms with van der Waals surface area (Å²) >= 11 is 7.68. The summed E-state index contributed by atoms with van der Waals surface area (Å²) in [6.45, 7) is 2.98. The average Bonchev–Trinajstić information content (AvgIpc) is 3.38. The van der Waals surface area contributed by atoms with Crippen molar-refractivity contribution in [1.29, 1.82) is 0 Å². The largest absolute Gasteiger partial charge is 0.346 e. The number of aromatic nitrogens is 2. The van der Waals surface area contributed by atoms with Gasteiger partial charge >= 0.3 is 0 Å². The van der Waals surface area contributed by atoms with Gasteiger partial charge in [0.25, 0.3) is 11.8 Å². The second-order valence-electron chi connectivity index (χ2n) is 8.22. The average molecular weight is 479 g/mol. The van der Waals surface area contributed by atoms with Crippen LogP contribution in [-0.4, -0.2) is 45.2 Å². The molecule has 168 valence electrons. The van der Waals surface area contributed by atoms with Gasteiger partial charge < -0.3 is 10.2 Å². The van der Waals surface area contributed by atoms with Crippen molar-refractivity contribution < 1.29 is 9.59 Å². The topological polar surface area (TPSA) is 66.7 Å². The van der Waals surface area contributed by atoms with Gasteiger partial charge in [-0.25, -0.2) is 4.98 Å². The van der Waals surface area contributed by atoms with Crippen molar-refractivity contribution in [2.75, 3.05) is 13.1 Å². The first-order valence-electron chi connectivity index (χ1n) is 10.9. The number of aryl methyl sites for hydroxylation is 1. The van der Waals surface area contributed by atoms with Crippen molar-refractivity contribution >= 4 is 39.7 Å². The number of nitrogens with one attached hydrogen (secondary N) is 1. The second kappa shape index (κ2) is 9.00. The zero-order valence-electron chi connectivity index (χ0n) is 18.1. The van der Waals surface area contributed by atoms with Crippen LogP contribution in [0.1, 0.15) is 39.4 Å². The van der Waals surface area contributed by atoms with Gasteiger partial charge in [0.05, 0.1) is 5.69 Å². The summed E-state index contributed by atoms with van der Waals surface area (Å²) < 4.78 is 1.82. The van der Waals surface area contributed by atoms with E-state index in [1.165, 1.54) is 11.3 Å². The van der Waals surface area contributed by atoms with E-state index < -0.39 is 0 Å². The molecule has 0 radical (unpaired) electrons. The molecular weight excluding hydrogens is 456 g/mol. The smallest absolute Gasteiger partial charge is 0.270 e. The van der Waals surface area contributed by atoms with Gasteiger partial charge in [0, 0.05) is 41.3 Å². The molecule has 1 aliphatic heterocycles. The molecule has 1 aliphatic rings. The van der Waals surface area contributed by atoms with Gasteiger partial charge in [-0.3, -0.25) is 14.0 Å². The Morgan fingerprint density at radius 1 is 1.18 bits per heavy atom. The summed E-state index contributed by atoms with van der Waals surface area (Å²) in [6.07, 6.45) is 3.52. The highest BCUT2D eigenvalue weighted by molar-refractivity contribution is 7.15. The predicted molar refractivity (Wildman–Crippen MR) is 131 cm³/mol. The molecule has 0 aliphatic carbocycles. The van der Waals surface area contributed by atoms with Crippen LogP contribution in [0.2, 0.25) is 5.02 Å². The lowest BCUT2D eigenvalue weighted by atomic mass is 9.97. The first-order chi connectivity index (χ1) is 16.0. The molecule has 1 atom stereocenters. The fourth-order valence-electron chi connectivity index (χ4n) is 4.45. The molecule has 4 aromatic rings. The molecule has 0 bridgehead atoms. The monoisotopic (exact) mass is 478 g/mol. The number of rotatable bonds is 4. The highest BCUT2D eigenvalue weighted by atomic mass is 35.5. The number of likely N-dealkylation sites (tertiary alicyclic amines) is 1. The molecule has 8 heteroatoms. The number of halogens is 1. The first kappa shape index (κ1) is 21.7. The molecule has 1 fully saturated rings. The molecule has 33 heavy (non-hydrogen) atoms. The Kier molecular flexibility index (Phi) is 5.91. The fourth-order valence-corrected chi connectivity index (χ4v) is 5.40. The zero-order valence-corrected chi connectivity index (χ0v) is 19.7. The molecular formula is C25H23ClN4O2S. The number of hydrogen-bond acceptors (Lipinski definition) is 4. The van der Waals surface area contributed by atoms with Gasteiger partial charge in [0.1, 0.15) is 5.69 Å². The van der Waals surface area contributed by atoms with Crippen LogP contribution in [0.25, 0.3) is 16.1 Å². The minimum atomic E-state index is -0.156. The SMILES string of the molecule is Cc1nc2sccn2c1C(=O)NC1CCCN(C(=O)c2ccccc2-c2cccc(Cl)c2)C1.